The van der Waals surface area contributed by atoms with Crippen LogP contribution in [0.25, 0.3) is 0 Å². The van der Waals surface area contributed by atoms with E-state index in [1.54, 1.807) is 39.3 Å². The van der Waals surface area contributed by atoms with Gasteiger partial charge in [-0.1, -0.05) is 23.4 Å². The van der Waals surface area contributed by atoms with Crippen molar-refractivity contribution in [1.29, 1.82) is 0 Å². The largest absolute Gasteiger partial charge is 0.481 e. The van der Waals surface area contributed by atoms with Gasteiger partial charge >= 0.3 is 5.97 Å². The highest BCUT2D eigenvalue weighted by atomic mass is 35.5. The third-order valence-corrected chi connectivity index (χ3v) is 7.47. The Kier molecular flexibility index (Phi) is 9.16. The molecule has 3 rings (SSSR count). The average molecular weight is 570 g/mol. The van der Waals surface area contributed by atoms with Gasteiger partial charge in [0.05, 0.1) is 27.3 Å². The maximum atomic E-state index is 13.3. The van der Waals surface area contributed by atoms with Crippen LogP contribution in [0.2, 0.25) is 5.02 Å². The number of primary amides is 1. The molecule has 37 heavy (non-hydrogen) atoms. The fraction of sp³-hybridized carbons (Fsp3) is 0.348. The number of thiophene rings is 1. The van der Waals surface area contributed by atoms with Gasteiger partial charge in [0.15, 0.2) is 17.1 Å². The number of nitrogens with two attached hydrogens (primary N) is 1. The van der Waals surface area contributed by atoms with E-state index in [-0.39, 0.29) is 26.2 Å². The number of rotatable bonds is 10. The first-order chi connectivity index (χ1) is 17.4. The van der Waals surface area contributed by atoms with Gasteiger partial charge in [0.2, 0.25) is 5.91 Å². The van der Waals surface area contributed by atoms with E-state index >= 15 is 0 Å². The quantitative estimate of drug-likeness (QED) is 0.268. The van der Waals surface area contributed by atoms with Crippen LogP contribution in [0, 0.1) is 12.7 Å². The number of nitrogens with one attached hydrogen (secondary N) is 1. The van der Waals surface area contributed by atoms with Crippen molar-refractivity contribution in [3.05, 3.63) is 50.9 Å². The number of hydrogen-bond acceptors (Lipinski definition) is 9. The van der Waals surface area contributed by atoms with Crippen LogP contribution >= 0.6 is 34.7 Å². The number of halogens is 2. The van der Waals surface area contributed by atoms with E-state index in [1.165, 1.54) is 12.1 Å². The number of anilines is 1. The molecule has 3 aromatic rings. The van der Waals surface area contributed by atoms with E-state index in [0.717, 1.165) is 29.2 Å². The highest BCUT2D eigenvalue weighted by Gasteiger charge is 2.27. The molecular formula is C23H25ClFN5O5S2. The lowest BCUT2D eigenvalue weighted by Crippen LogP contribution is -2.18. The number of amides is 2. The molecule has 14 heteroatoms. The van der Waals surface area contributed by atoms with Crippen LogP contribution in [0.4, 0.5) is 9.39 Å². The van der Waals surface area contributed by atoms with Gasteiger partial charge in [-0.05, 0) is 51.5 Å². The fourth-order valence-electron chi connectivity index (χ4n) is 3.27. The van der Waals surface area contributed by atoms with Crippen LogP contribution in [0.3, 0.4) is 0 Å². The molecule has 1 unspecified atom stereocenters. The summed E-state index contributed by atoms with van der Waals surface area (Å²) in [5.74, 6) is -1.59. The number of thioether (sulfide) groups is 1. The normalized spacial score (nSPS) is 11.9. The summed E-state index contributed by atoms with van der Waals surface area (Å²) >= 11 is 8.05. The fourth-order valence-corrected chi connectivity index (χ4v) is 5.26. The molecule has 2 heterocycles. The zero-order valence-electron chi connectivity index (χ0n) is 20.6. The van der Waals surface area contributed by atoms with E-state index in [0.29, 0.717) is 22.3 Å². The first-order valence-corrected chi connectivity index (χ1v) is 13.1. The molecule has 10 nitrogen and oxygen atoms in total. The van der Waals surface area contributed by atoms with Crippen LogP contribution < -0.4 is 15.8 Å². The van der Waals surface area contributed by atoms with E-state index in [9.17, 15) is 18.8 Å². The van der Waals surface area contributed by atoms with Crippen molar-refractivity contribution in [3.8, 4) is 5.75 Å². The predicted molar refractivity (Wildman–Crippen MR) is 139 cm³/mol. The van der Waals surface area contributed by atoms with Gasteiger partial charge in [-0.15, -0.1) is 21.5 Å². The third kappa shape index (κ3) is 6.79. The second kappa shape index (κ2) is 11.9. The SMILES string of the molecule is Cc1c(C(N)=O)sc(NC(=O)CSc2nnc(C(C)Oc3ccc(F)cc3Cl)n2C)c1C(=O)OC(C)C. The number of carbonyl (C=O) groups is 3. The molecule has 2 aromatic heterocycles. The molecule has 0 aliphatic rings. The van der Waals surface area contributed by atoms with E-state index in [4.69, 9.17) is 26.8 Å². The second-order valence-corrected chi connectivity index (χ2v) is 10.5. The number of carbonyl (C=O) groups excluding carboxylic acids is 3. The first-order valence-electron chi connectivity index (χ1n) is 11.0. The summed E-state index contributed by atoms with van der Waals surface area (Å²) < 4.78 is 26.0. The molecule has 0 fully saturated rings. The van der Waals surface area contributed by atoms with Gasteiger partial charge in [0.25, 0.3) is 5.91 Å². The van der Waals surface area contributed by atoms with Crippen LogP contribution in [-0.2, 0) is 16.6 Å². The molecule has 2 amide bonds. The summed E-state index contributed by atoms with van der Waals surface area (Å²) in [4.78, 5) is 37.2. The summed E-state index contributed by atoms with van der Waals surface area (Å²) in [6.07, 6.45) is -0.960. The highest BCUT2D eigenvalue weighted by Crippen LogP contribution is 2.34. The Balaban J connectivity index is 1.69. The molecule has 0 spiro atoms. The van der Waals surface area contributed by atoms with Crippen LogP contribution in [0.15, 0.2) is 23.4 Å². The van der Waals surface area contributed by atoms with Crippen molar-refractivity contribution in [2.45, 2.75) is 45.1 Å². The second-order valence-electron chi connectivity index (χ2n) is 8.15. The van der Waals surface area contributed by atoms with Crippen molar-refractivity contribution in [2.24, 2.45) is 12.8 Å². The molecule has 0 aliphatic heterocycles. The van der Waals surface area contributed by atoms with Crippen molar-refractivity contribution in [2.75, 3.05) is 11.1 Å². The lowest BCUT2D eigenvalue weighted by atomic mass is 10.1. The molecule has 0 aliphatic carbocycles. The molecule has 3 N–H and O–H groups in total. The summed E-state index contributed by atoms with van der Waals surface area (Å²) in [7, 11) is 1.71. The van der Waals surface area contributed by atoms with Gasteiger partial charge < -0.3 is 25.1 Å². The van der Waals surface area contributed by atoms with E-state index < -0.39 is 35.8 Å². The number of nitrogens with zero attached hydrogens (tertiary/aromatic N) is 3. The smallest absolute Gasteiger partial charge is 0.341 e. The lowest BCUT2D eigenvalue weighted by molar-refractivity contribution is -0.113. The Bertz CT molecular complexity index is 1340. The van der Waals surface area contributed by atoms with Crippen LogP contribution in [-0.4, -0.2) is 44.4 Å². The number of esters is 1. The Morgan fingerprint density at radius 1 is 1.27 bits per heavy atom. The van der Waals surface area contributed by atoms with Crippen LogP contribution in [0.1, 0.15) is 58.3 Å². The van der Waals surface area contributed by atoms with Gasteiger partial charge in [-0.3, -0.25) is 9.59 Å². The topological polar surface area (TPSA) is 138 Å². The van der Waals surface area contributed by atoms with Crippen LogP contribution in [0.5, 0.6) is 5.75 Å². The summed E-state index contributed by atoms with van der Waals surface area (Å²) in [5.41, 5.74) is 5.86. The Morgan fingerprint density at radius 3 is 2.59 bits per heavy atom. The monoisotopic (exact) mass is 569 g/mol. The summed E-state index contributed by atoms with van der Waals surface area (Å²) in [5, 5.41) is 11.6. The Morgan fingerprint density at radius 2 is 1.97 bits per heavy atom. The maximum Gasteiger partial charge on any atom is 0.341 e. The van der Waals surface area contributed by atoms with Crippen molar-refractivity contribution in [3.63, 3.8) is 0 Å². The molecule has 1 aromatic carbocycles. The highest BCUT2D eigenvalue weighted by molar-refractivity contribution is 7.99. The lowest BCUT2D eigenvalue weighted by Gasteiger charge is -2.15. The summed E-state index contributed by atoms with van der Waals surface area (Å²) in [6.45, 7) is 6.69. The van der Waals surface area contributed by atoms with E-state index in [1.807, 2.05) is 0 Å². The molecule has 1 atom stereocenters. The minimum absolute atomic E-state index is 0.0630. The molecule has 0 saturated carbocycles. The van der Waals surface area contributed by atoms with E-state index in [2.05, 4.69) is 15.5 Å². The minimum Gasteiger partial charge on any atom is -0.481 e. The van der Waals surface area contributed by atoms with Gasteiger partial charge in [0.1, 0.15) is 16.6 Å². The van der Waals surface area contributed by atoms with Gasteiger partial charge in [-0.25, -0.2) is 9.18 Å². The van der Waals surface area contributed by atoms with Crippen molar-refractivity contribution >= 4 is 57.5 Å². The zero-order chi connectivity index (χ0) is 27.4. The van der Waals surface area contributed by atoms with Gasteiger partial charge in [0, 0.05) is 7.05 Å². The van der Waals surface area contributed by atoms with Gasteiger partial charge in [-0.2, -0.15) is 0 Å². The standard InChI is InChI=1S/C23H25ClFN5O5S2/c1-10(2)34-22(33)17-11(3)18(19(26)32)37-21(17)27-16(31)9-36-23-29-28-20(30(23)5)12(4)35-15-7-6-13(25)8-14(15)24/h6-8,10,12H,9H2,1-5H3,(H2,26,32)(H,27,31). The minimum atomic E-state index is -0.708. The van der Waals surface area contributed by atoms with Crippen molar-refractivity contribution in [1.82, 2.24) is 14.8 Å². The first kappa shape index (κ1) is 28.4. The molecule has 198 valence electrons. The third-order valence-electron chi connectivity index (χ3n) is 4.93. The number of benzene rings is 1. The maximum absolute atomic E-state index is 13.3. The molecular weight excluding hydrogens is 545 g/mol. The van der Waals surface area contributed by atoms with Crippen molar-refractivity contribution < 1.29 is 28.2 Å². The number of ether oxygens (including phenoxy) is 2. The predicted octanol–water partition coefficient (Wildman–Crippen LogP) is 4.51. The number of hydrogen-bond donors (Lipinski definition) is 2. The summed E-state index contributed by atoms with van der Waals surface area (Å²) in [6, 6.07) is 3.81. The Labute approximate surface area is 225 Å². The number of aromatic nitrogens is 3. The Hall–Kier alpha value is -3.16. The zero-order valence-corrected chi connectivity index (χ0v) is 23.0. The average Bonchev–Trinajstić information content (AvgIpc) is 3.33. The molecule has 0 saturated heterocycles. The molecule has 0 radical (unpaired) electrons. The molecule has 0 bridgehead atoms.